The van der Waals surface area contributed by atoms with E-state index in [0.29, 0.717) is 10.0 Å². The molecule has 0 amide bonds. The molecular formula is C14H11BrO2S. The third-order valence-electron chi connectivity index (χ3n) is 2.43. The van der Waals surface area contributed by atoms with Crippen LogP contribution in [-0.2, 0) is 5.75 Å². The van der Waals surface area contributed by atoms with Crippen molar-refractivity contribution in [2.75, 3.05) is 0 Å². The number of halogens is 1. The molecule has 2 nitrogen and oxygen atoms in total. The van der Waals surface area contributed by atoms with Crippen LogP contribution < -0.4 is 0 Å². The third-order valence-corrected chi connectivity index (χ3v) is 4.22. The summed E-state index contributed by atoms with van der Waals surface area (Å²) in [6, 6.07) is 15.4. The number of thioether (sulfide) groups is 1. The van der Waals surface area contributed by atoms with Gasteiger partial charge in [0.25, 0.3) is 0 Å². The molecule has 0 aliphatic carbocycles. The first-order valence-electron chi connectivity index (χ1n) is 5.37. The van der Waals surface area contributed by atoms with E-state index in [9.17, 15) is 9.90 Å². The van der Waals surface area contributed by atoms with E-state index in [4.69, 9.17) is 0 Å². The number of hydrogen-bond donors (Lipinski definition) is 1. The van der Waals surface area contributed by atoms with Crippen molar-refractivity contribution in [2.24, 2.45) is 0 Å². The minimum atomic E-state index is -0.905. The van der Waals surface area contributed by atoms with E-state index < -0.39 is 5.97 Å². The second-order valence-electron chi connectivity index (χ2n) is 3.69. The van der Waals surface area contributed by atoms with E-state index in [2.05, 4.69) is 15.9 Å². The van der Waals surface area contributed by atoms with Gasteiger partial charge in [-0.3, -0.25) is 0 Å². The second-order valence-corrected chi connectivity index (χ2v) is 5.56. The van der Waals surface area contributed by atoms with E-state index in [1.807, 2.05) is 42.5 Å². The lowest BCUT2D eigenvalue weighted by Gasteiger charge is -2.07. The summed E-state index contributed by atoms with van der Waals surface area (Å²) in [5.74, 6) is -0.143. The molecule has 4 heteroatoms. The first kappa shape index (κ1) is 13.2. The maximum atomic E-state index is 11.2. The molecule has 0 fully saturated rings. The predicted molar refractivity (Wildman–Crippen MR) is 77.1 cm³/mol. The number of carbonyl (C=O) groups is 1. The van der Waals surface area contributed by atoms with Gasteiger partial charge in [-0.05, 0) is 33.6 Å². The summed E-state index contributed by atoms with van der Waals surface area (Å²) in [6.45, 7) is 0. The van der Waals surface area contributed by atoms with E-state index in [1.54, 1.807) is 6.07 Å². The van der Waals surface area contributed by atoms with Crippen LogP contribution in [0.15, 0.2) is 57.9 Å². The minimum absolute atomic E-state index is 0.332. The number of hydrogen-bond acceptors (Lipinski definition) is 2. The lowest BCUT2D eigenvalue weighted by molar-refractivity contribution is 0.0692. The monoisotopic (exact) mass is 322 g/mol. The van der Waals surface area contributed by atoms with Gasteiger partial charge in [0.2, 0.25) is 0 Å². The Balaban J connectivity index is 2.20. The van der Waals surface area contributed by atoms with E-state index in [-0.39, 0.29) is 0 Å². The number of benzene rings is 2. The molecule has 0 unspecified atom stereocenters. The molecule has 0 aliphatic rings. The normalized spacial score (nSPS) is 10.3. The molecular weight excluding hydrogens is 312 g/mol. The first-order valence-corrected chi connectivity index (χ1v) is 7.15. The van der Waals surface area contributed by atoms with Crippen molar-refractivity contribution in [1.29, 1.82) is 0 Å². The maximum absolute atomic E-state index is 11.2. The molecule has 92 valence electrons. The topological polar surface area (TPSA) is 37.3 Å². The molecule has 0 spiro atoms. The summed E-state index contributed by atoms with van der Waals surface area (Å²) < 4.78 is 0.619. The largest absolute Gasteiger partial charge is 0.478 e. The van der Waals surface area contributed by atoms with Crippen LogP contribution in [-0.4, -0.2) is 11.1 Å². The highest BCUT2D eigenvalue weighted by Crippen LogP contribution is 2.30. The highest BCUT2D eigenvalue weighted by molar-refractivity contribution is 9.10. The molecule has 0 aromatic heterocycles. The SMILES string of the molecule is O=C(O)c1c(Br)cccc1SCc1ccccc1. The number of rotatable bonds is 4. The van der Waals surface area contributed by atoms with Gasteiger partial charge in [0, 0.05) is 15.1 Å². The van der Waals surface area contributed by atoms with E-state index in [0.717, 1.165) is 10.6 Å². The first-order chi connectivity index (χ1) is 8.68. The zero-order chi connectivity index (χ0) is 13.0. The highest BCUT2D eigenvalue weighted by atomic mass is 79.9. The van der Waals surface area contributed by atoms with Crippen molar-refractivity contribution in [3.63, 3.8) is 0 Å². The van der Waals surface area contributed by atoms with Crippen molar-refractivity contribution < 1.29 is 9.90 Å². The third kappa shape index (κ3) is 3.15. The Kier molecular flexibility index (Phi) is 4.44. The van der Waals surface area contributed by atoms with Crippen LogP contribution in [0.2, 0.25) is 0 Å². The highest BCUT2D eigenvalue weighted by Gasteiger charge is 2.14. The smallest absolute Gasteiger partial charge is 0.337 e. The fourth-order valence-corrected chi connectivity index (χ4v) is 3.27. The Morgan fingerprint density at radius 3 is 2.50 bits per heavy atom. The van der Waals surface area contributed by atoms with Crippen LogP contribution in [0.4, 0.5) is 0 Å². The molecule has 0 saturated carbocycles. The fraction of sp³-hybridized carbons (Fsp3) is 0.0714. The van der Waals surface area contributed by atoms with E-state index in [1.165, 1.54) is 17.3 Å². The van der Waals surface area contributed by atoms with Crippen molar-refractivity contribution >= 4 is 33.7 Å². The van der Waals surface area contributed by atoms with Crippen LogP contribution in [0, 0.1) is 0 Å². The molecule has 2 aromatic rings. The predicted octanol–water partition coefficient (Wildman–Crippen LogP) is 4.44. The van der Waals surface area contributed by atoms with Crippen LogP contribution in [0.1, 0.15) is 15.9 Å². The van der Waals surface area contributed by atoms with Gasteiger partial charge < -0.3 is 5.11 Å². The molecule has 0 bridgehead atoms. The van der Waals surface area contributed by atoms with Gasteiger partial charge in [0.1, 0.15) is 0 Å². The van der Waals surface area contributed by atoms with Gasteiger partial charge in [0.05, 0.1) is 5.56 Å². The van der Waals surface area contributed by atoms with Crippen molar-refractivity contribution in [3.8, 4) is 0 Å². The average Bonchev–Trinajstić information content (AvgIpc) is 2.37. The van der Waals surface area contributed by atoms with Crippen LogP contribution in [0.5, 0.6) is 0 Å². The Labute approximate surface area is 118 Å². The molecule has 0 radical (unpaired) electrons. The summed E-state index contributed by atoms with van der Waals surface area (Å²) in [5, 5.41) is 9.20. The summed E-state index contributed by atoms with van der Waals surface area (Å²) in [6.07, 6.45) is 0. The Hall–Kier alpha value is -1.26. The summed E-state index contributed by atoms with van der Waals surface area (Å²) in [7, 11) is 0. The second kappa shape index (κ2) is 6.07. The summed E-state index contributed by atoms with van der Waals surface area (Å²) >= 11 is 4.81. The fourth-order valence-electron chi connectivity index (χ4n) is 1.57. The molecule has 0 atom stereocenters. The molecule has 1 N–H and O–H groups in total. The van der Waals surface area contributed by atoms with Gasteiger partial charge in [-0.25, -0.2) is 4.79 Å². The van der Waals surface area contributed by atoms with Crippen LogP contribution in [0.3, 0.4) is 0 Å². The zero-order valence-electron chi connectivity index (χ0n) is 9.47. The molecule has 2 aromatic carbocycles. The van der Waals surface area contributed by atoms with Gasteiger partial charge in [-0.2, -0.15) is 0 Å². The lowest BCUT2D eigenvalue weighted by atomic mass is 10.2. The van der Waals surface area contributed by atoms with Gasteiger partial charge in [0.15, 0.2) is 0 Å². The van der Waals surface area contributed by atoms with Crippen molar-refractivity contribution in [1.82, 2.24) is 0 Å². The summed E-state index contributed by atoms with van der Waals surface area (Å²) in [4.78, 5) is 12.0. The molecule has 18 heavy (non-hydrogen) atoms. The van der Waals surface area contributed by atoms with Gasteiger partial charge in [-0.15, -0.1) is 11.8 Å². The molecule has 0 saturated heterocycles. The lowest BCUT2D eigenvalue weighted by Crippen LogP contribution is -2.00. The van der Waals surface area contributed by atoms with Crippen LogP contribution in [0.25, 0.3) is 0 Å². The van der Waals surface area contributed by atoms with Crippen molar-refractivity contribution in [2.45, 2.75) is 10.6 Å². The number of carboxylic acid groups (broad SMARTS) is 1. The maximum Gasteiger partial charge on any atom is 0.337 e. The zero-order valence-corrected chi connectivity index (χ0v) is 11.9. The molecule has 0 aliphatic heterocycles. The van der Waals surface area contributed by atoms with Crippen LogP contribution >= 0.6 is 27.7 Å². The Morgan fingerprint density at radius 2 is 1.83 bits per heavy atom. The number of aromatic carboxylic acids is 1. The van der Waals surface area contributed by atoms with E-state index >= 15 is 0 Å². The quantitative estimate of drug-likeness (QED) is 0.845. The standard InChI is InChI=1S/C14H11BrO2S/c15-11-7-4-8-12(13(11)14(16)17)18-9-10-5-2-1-3-6-10/h1-8H,9H2,(H,16,17). The average molecular weight is 323 g/mol. The molecule has 2 rings (SSSR count). The Bertz CT molecular complexity index is 555. The van der Waals surface area contributed by atoms with Gasteiger partial charge in [-0.1, -0.05) is 36.4 Å². The molecule has 0 heterocycles. The Morgan fingerprint density at radius 1 is 1.11 bits per heavy atom. The number of carboxylic acids is 1. The summed E-state index contributed by atoms with van der Waals surface area (Å²) in [5.41, 5.74) is 1.51. The van der Waals surface area contributed by atoms with Gasteiger partial charge >= 0.3 is 5.97 Å². The van der Waals surface area contributed by atoms with Crippen molar-refractivity contribution in [3.05, 3.63) is 64.1 Å². The minimum Gasteiger partial charge on any atom is -0.478 e.